The monoisotopic (exact) mass is 544 g/mol. The number of fused-ring (bicyclic) bond motifs is 1. The lowest BCUT2D eigenvalue weighted by Crippen LogP contribution is -2.59. The van der Waals surface area contributed by atoms with Crippen molar-refractivity contribution < 1.29 is 19.2 Å². The van der Waals surface area contributed by atoms with Gasteiger partial charge in [0.15, 0.2) is 0 Å². The Bertz CT molecular complexity index is 1330. The van der Waals surface area contributed by atoms with E-state index in [1.54, 1.807) is 0 Å². The maximum atomic E-state index is 13.2. The molecule has 8 nitrogen and oxygen atoms in total. The Balaban J connectivity index is 1.56. The summed E-state index contributed by atoms with van der Waals surface area (Å²) in [5, 5.41) is 13.4. The highest BCUT2D eigenvalue weighted by Crippen LogP contribution is 2.18. The summed E-state index contributed by atoms with van der Waals surface area (Å²) in [7, 11) is 0. The van der Waals surface area contributed by atoms with Gasteiger partial charge in [-0.15, -0.1) is 0 Å². The number of amides is 4. The third kappa shape index (κ3) is 9.52. The van der Waals surface area contributed by atoms with Gasteiger partial charge in [-0.25, -0.2) is 0 Å². The van der Waals surface area contributed by atoms with E-state index in [1.165, 1.54) is 6.92 Å². The average molecular weight is 545 g/mol. The predicted octanol–water partition coefficient (Wildman–Crippen LogP) is 3.77. The largest absolute Gasteiger partial charge is 0.354 e. The number of carbonyl (C=O) groups is 4. The minimum atomic E-state index is -1.48. The third-order valence-electron chi connectivity index (χ3n) is 6.42. The fraction of sp³-hybridized carbons (Fsp3) is 0.375. The molecular formula is C32H40N4O4. The molecule has 0 heterocycles. The lowest BCUT2D eigenvalue weighted by molar-refractivity contribution is -0.136. The Hall–Kier alpha value is -4.20. The number of hydrogen-bond acceptors (Lipinski definition) is 4. The van der Waals surface area contributed by atoms with Crippen molar-refractivity contribution in [1.29, 1.82) is 0 Å². The second-order valence-electron chi connectivity index (χ2n) is 11.3. The van der Waals surface area contributed by atoms with Gasteiger partial charge in [-0.3, -0.25) is 19.2 Å². The summed E-state index contributed by atoms with van der Waals surface area (Å²) in [4.78, 5) is 51.3. The van der Waals surface area contributed by atoms with Gasteiger partial charge >= 0.3 is 0 Å². The molecule has 0 spiro atoms. The van der Waals surface area contributed by atoms with Crippen LogP contribution in [-0.2, 0) is 32.1 Å². The summed E-state index contributed by atoms with van der Waals surface area (Å²) in [6, 6.07) is 23.5. The number of carbonyl (C=O) groups excluding carboxylic acids is 4. The normalized spacial score (nSPS) is 12.7. The number of hydrogen-bond donors (Lipinski definition) is 4. The highest BCUT2D eigenvalue weighted by Gasteiger charge is 2.37. The molecule has 4 amide bonds. The summed E-state index contributed by atoms with van der Waals surface area (Å²) in [6.45, 7) is 7.51. The number of benzene rings is 3. The minimum Gasteiger partial charge on any atom is -0.354 e. The van der Waals surface area contributed by atoms with Gasteiger partial charge in [0, 0.05) is 31.5 Å². The molecule has 0 aliphatic heterocycles. The molecule has 3 aromatic carbocycles. The summed E-state index contributed by atoms with van der Waals surface area (Å²) in [5.41, 5.74) is 0.0335. The van der Waals surface area contributed by atoms with Crippen LogP contribution in [0.15, 0.2) is 72.8 Å². The first-order valence-electron chi connectivity index (χ1n) is 13.6. The van der Waals surface area contributed by atoms with Crippen molar-refractivity contribution >= 4 is 34.4 Å². The molecular weight excluding hydrogens is 504 g/mol. The summed E-state index contributed by atoms with van der Waals surface area (Å²) in [6.07, 6.45) is 0.503. The highest BCUT2D eigenvalue weighted by molar-refractivity contribution is 5.96. The smallest absolute Gasteiger partial charge is 0.246 e. The van der Waals surface area contributed by atoms with E-state index in [2.05, 4.69) is 21.3 Å². The average Bonchev–Trinajstić information content (AvgIpc) is 2.90. The molecule has 3 aromatic rings. The van der Waals surface area contributed by atoms with Crippen molar-refractivity contribution in [2.45, 2.75) is 71.0 Å². The molecule has 0 aromatic heterocycles. The minimum absolute atomic E-state index is 0.0583. The molecule has 0 aliphatic carbocycles. The Morgan fingerprint density at radius 3 is 2.08 bits per heavy atom. The SMILES string of the molecule is CC(C)(C)NC(=O)C[C@](C)(NC(=O)CCc1ccccc1)C(=O)NCCC(=O)NCc1cccc2ccccc12. The molecule has 40 heavy (non-hydrogen) atoms. The van der Waals surface area contributed by atoms with Crippen LogP contribution in [0.25, 0.3) is 10.8 Å². The quantitative estimate of drug-likeness (QED) is 0.278. The Labute approximate surface area is 236 Å². The van der Waals surface area contributed by atoms with Crippen LogP contribution >= 0.6 is 0 Å². The van der Waals surface area contributed by atoms with Gasteiger partial charge in [-0.2, -0.15) is 0 Å². The first-order chi connectivity index (χ1) is 18.9. The summed E-state index contributed by atoms with van der Waals surface area (Å²) >= 11 is 0. The highest BCUT2D eigenvalue weighted by atomic mass is 16.2. The van der Waals surface area contributed by atoms with E-state index in [1.807, 2.05) is 93.6 Å². The van der Waals surface area contributed by atoms with E-state index < -0.39 is 17.0 Å². The molecule has 0 bridgehead atoms. The van der Waals surface area contributed by atoms with Crippen LogP contribution < -0.4 is 21.3 Å². The van der Waals surface area contributed by atoms with Crippen molar-refractivity contribution in [1.82, 2.24) is 21.3 Å². The molecule has 3 rings (SSSR count). The van der Waals surface area contributed by atoms with Crippen molar-refractivity contribution in [3.63, 3.8) is 0 Å². The molecule has 8 heteroatoms. The molecule has 0 saturated carbocycles. The molecule has 4 N–H and O–H groups in total. The molecule has 0 aliphatic rings. The van der Waals surface area contributed by atoms with Gasteiger partial charge in [0.1, 0.15) is 5.54 Å². The number of nitrogens with one attached hydrogen (secondary N) is 4. The molecule has 212 valence electrons. The van der Waals surface area contributed by atoms with Gasteiger partial charge in [0.2, 0.25) is 23.6 Å². The predicted molar refractivity (Wildman–Crippen MR) is 157 cm³/mol. The second kappa shape index (κ2) is 13.7. The molecule has 0 fully saturated rings. The third-order valence-corrected chi connectivity index (χ3v) is 6.42. The van der Waals surface area contributed by atoms with Gasteiger partial charge in [-0.1, -0.05) is 72.8 Å². The van der Waals surface area contributed by atoms with Crippen LogP contribution in [0.3, 0.4) is 0 Å². The van der Waals surface area contributed by atoms with Crippen LogP contribution in [0.1, 0.15) is 58.1 Å². The second-order valence-corrected chi connectivity index (χ2v) is 11.3. The Morgan fingerprint density at radius 1 is 0.675 bits per heavy atom. The van der Waals surface area contributed by atoms with Crippen molar-refractivity contribution in [3.05, 3.63) is 83.9 Å². The fourth-order valence-electron chi connectivity index (χ4n) is 4.45. The maximum Gasteiger partial charge on any atom is 0.246 e. The zero-order valence-corrected chi connectivity index (χ0v) is 23.8. The standard InChI is InChI=1S/C32H40N4O4/c1-31(2,3)35-29(39)21-32(4,36-28(38)18-17-23-11-6-5-7-12-23)30(40)33-20-19-27(37)34-22-25-15-10-14-24-13-8-9-16-26(24)25/h5-16H,17-22H2,1-4H3,(H,33,40)(H,34,37)(H,35,39)(H,36,38)/t32-/m0/s1. The van der Waals surface area contributed by atoms with Crippen LogP contribution in [0.4, 0.5) is 0 Å². The maximum absolute atomic E-state index is 13.2. The number of rotatable bonds is 12. The van der Waals surface area contributed by atoms with Crippen LogP contribution in [0, 0.1) is 0 Å². The van der Waals surface area contributed by atoms with Crippen LogP contribution in [0.2, 0.25) is 0 Å². The van der Waals surface area contributed by atoms with E-state index >= 15 is 0 Å². The van der Waals surface area contributed by atoms with Gasteiger partial charge in [0.05, 0.1) is 6.42 Å². The summed E-state index contributed by atoms with van der Waals surface area (Å²) in [5.74, 6) is -1.43. The van der Waals surface area contributed by atoms with E-state index in [4.69, 9.17) is 0 Å². The van der Waals surface area contributed by atoms with E-state index in [-0.39, 0.29) is 43.5 Å². The first kappa shape index (κ1) is 30.3. The Kier molecular flexibility index (Phi) is 10.4. The van der Waals surface area contributed by atoms with E-state index in [9.17, 15) is 19.2 Å². The van der Waals surface area contributed by atoms with Gasteiger partial charge in [0.25, 0.3) is 0 Å². The van der Waals surface area contributed by atoms with Crippen LogP contribution in [-0.4, -0.2) is 41.3 Å². The lowest BCUT2D eigenvalue weighted by atomic mass is 9.94. The fourth-order valence-corrected chi connectivity index (χ4v) is 4.45. The van der Waals surface area contributed by atoms with E-state index in [0.717, 1.165) is 21.9 Å². The van der Waals surface area contributed by atoms with Gasteiger partial charge < -0.3 is 21.3 Å². The zero-order valence-electron chi connectivity index (χ0n) is 23.8. The topological polar surface area (TPSA) is 116 Å². The molecule has 1 atom stereocenters. The zero-order chi connectivity index (χ0) is 29.2. The summed E-state index contributed by atoms with van der Waals surface area (Å²) < 4.78 is 0. The lowest BCUT2D eigenvalue weighted by Gasteiger charge is -2.31. The van der Waals surface area contributed by atoms with Gasteiger partial charge in [-0.05, 0) is 56.0 Å². The number of aryl methyl sites for hydroxylation is 1. The first-order valence-corrected chi connectivity index (χ1v) is 13.6. The van der Waals surface area contributed by atoms with Crippen molar-refractivity contribution in [2.75, 3.05) is 6.54 Å². The van der Waals surface area contributed by atoms with E-state index in [0.29, 0.717) is 13.0 Å². The molecule has 0 radical (unpaired) electrons. The van der Waals surface area contributed by atoms with Crippen molar-refractivity contribution in [2.24, 2.45) is 0 Å². The molecule has 0 saturated heterocycles. The Morgan fingerprint density at radius 2 is 1.35 bits per heavy atom. The van der Waals surface area contributed by atoms with Crippen LogP contribution in [0.5, 0.6) is 0 Å². The van der Waals surface area contributed by atoms with Crippen molar-refractivity contribution in [3.8, 4) is 0 Å². The molecule has 0 unspecified atom stereocenters.